The van der Waals surface area contributed by atoms with Gasteiger partial charge in [0.15, 0.2) is 37.8 Å². The molecule has 1 aliphatic carbocycles. The lowest BCUT2D eigenvalue weighted by Gasteiger charge is -2.50. The molecule has 27 nitrogen and oxygen atoms in total. The van der Waals surface area contributed by atoms with Gasteiger partial charge in [-0.3, -0.25) is 34.1 Å². The largest absolute Gasteiger partial charge is 0.440 e. The summed E-state index contributed by atoms with van der Waals surface area (Å²) in [6, 6.07) is -0.259. The van der Waals surface area contributed by atoms with Gasteiger partial charge in [0, 0.05) is 158 Å². The summed E-state index contributed by atoms with van der Waals surface area (Å²) in [5.41, 5.74) is 0.115. The zero-order valence-corrected chi connectivity index (χ0v) is 102. The van der Waals surface area contributed by atoms with Crippen molar-refractivity contribution in [2.45, 2.75) is 391 Å². The SMILES string of the molecule is CC(=O)N1CC(O)(C#CC(C)(C)C)C1.CC(C)(C)C#CC(C)(C)N1CCCC1.CC(C)(C)C#CC(C)(C)N1CCS(=O)(=O)CC1.CC(C)(C)C#CC1(O)CN(C(C)(C)C)C1.CC(C)(C)C#CC1(O)CN(CC2CC2)C1.CC(C)N1CC(O)(C#CC(C)(C)C)C1.CCNC(=O)N1CC(O)(C#CC(C)(C)C)C1.CCNC(=O)OC1(C#CC(C)(C)C)COC1.C[C@H](N)C(=O)OC1(C#CC(C)(C)C)COC1.Cn1cnc(C#CC(C)(C)C)c1. The van der Waals surface area contributed by atoms with Crippen LogP contribution in [-0.2, 0) is 45.4 Å². The minimum absolute atomic E-state index is 0.00719. The number of amides is 4. The number of hydrogen-bond acceptors (Lipinski definition) is 22. The molecular formula is C121H200N12O15S. The van der Waals surface area contributed by atoms with Gasteiger partial charge in [-0.1, -0.05) is 101 Å². The van der Waals surface area contributed by atoms with Crippen molar-refractivity contribution in [2.75, 3.05) is 149 Å². The molecule has 10 fully saturated rings. The summed E-state index contributed by atoms with van der Waals surface area (Å²) in [6.07, 6.45) is 8.66. The number of nitrogens with two attached hydrogens (primary N) is 1. The fourth-order valence-corrected chi connectivity index (χ4v) is 14.7. The third-order valence-corrected chi connectivity index (χ3v) is 24.3. The van der Waals surface area contributed by atoms with Crippen molar-refractivity contribution in [2.24, 2.45) is 72.8 Å². The molecule has 1 aromatic rings. The van der Waals surface area contributed by atoms with E-state index in [1.54, 1.807) is 23.1 Å². The molecule has 28 heteroatoms. The first kappa shape index (κ1) is 137. The van der Waals surface area contributed by atoms with Gasteiger partial charge in [-0.25, -0.2) is 23.0 Å². The first-order valence-corrected chi connectivity index (χ1v) is 55.1. The third kappa shape index (κ3) is 59.1. The van der Waals surface area contributed by atoms with E-state index in [0.29, 0.717) is 111 Å². The molecule has 0 bridgehead atoms. The van der Waals surface area contributed by atoms with E-state index in [-0.39, 0.29) is 94.2 Å². The van der Waals surface area contributed by atoms with E-state index in [2.05, 4.69) is 345 Å². The fraction of sp³-hybridized carbons (Fsp3) is 0.777. The number of rotatable bonds is 10. The van der Waals surface area contributed by atoms with E-state index in [9.17, 15) is 53.1 Å². The Labute approximate surface area is 905 Å². The second kappa shape index (κ2) is 54.7. The van der Waals surface area contributed by atoms with Crippen molar-refractivity contribution < 1.29 is 72.1 Å². The van der Waals surface area contributed by atoms with Crippen LogP contribution in [0.2, 0.25) is 0 Å². The van der Waals surface area contributed by atoms with E-state index in [1.807, 2.05) is 115 Å². The maximum atomic E-state index is 11.4. The average Bonchev–Trinajstić information content (AvgIpc) is 1.61. The molecule has 0 unspecified atom stereocenters. The summed E-state index contributed by atoms with van der Waals surface area (Å²) in [6.45, 7) is 100. The summed E-state index contributed by atoms with van der Waals surface area (Å²) >= 11 is 0. The van der Waals surface area contributed by atoms with Crippen LogP contribution in [0, 0.1) is 178 Å². The molecule has 1 aromatic heterocycles. The molecule has 11 rings (SSSR count). The highest BCUT2D eigenvalue weighted by molar-refractivity contribution is 7.91. The zero-order valence-electron chi connectivity index (χ0n) is 101. The van der Waals surface area contributed by atoms with Crippen LogP contribution in [0.3, 0.4) is 0 Å². The van der Waals surface area contributed by atoms with Crippen LogP contribution in [0.5, 0.6) is 0 Å². The van der Waals surface area contributed by atoms with Crippen LogP contribution in [0.4, 0.5) is 9.59 Å². The molecular weight excluding hydrogens is 1890 g/mol. The Hall–Kier alpha value is -8.28. The molecule has 840 valence electrons. The highest BCUT2D eigenvalue weighted by Crippen LogP contribution is 2.35. The summed E-state index contributed by atoms with van der Waals surface area (Å²) < 4.78 is 45.3. The predicted molar refractivity (Wildman–Crippen MR) is 606 cm³/mol. The lowest BCUT2D eigenvalue weighted by Crippen LogP contribution is -2.66. The number of sulfone groups is 1. The molecule has 1 atom stereocenters. The Morgan fingerprint density at radius 3 is 1.05 bits per heavy atom. The molecule has 1 saturated carbocycles. The zero-order chi connectivity index (χ0) is 115. The van der Waals surface area contributed by atoms with E-state index in [0.717, 1.165) is 24.7 Å². The maximum absolute atomic E-state index is 11.4. The van der Waals surface area contributed by atoms with Crippen LogP contribution in [-0.4, -0.2) is 319 Å². The van der Waals surface area contributed by atoms with E-state index < -0.39 is 67.1 Å². The molecule has 0 aromatic carbocycles. The normalized spacial score (nSPS) is 19.7. The number of aromatic nitrogens is 2. The number of aliphatic hydroxyl groups is 5. The van der Waals surface area contributed by atoms with Crippen molar-refractivity contribution in [3.63, 3.8) is 0 Å². The standard InChI is InChI=1S/C13H23NO2S.C13H21NO.C13H23NO.C13H23N.C12H20N2O2.2C12H19NO3.C12H21NO.C11H17NO2.C10H14N2/c1-12(2,3)6-7-13(4,5)14-8-10-17(15,16)11-9-14;1-12(2,3)6-7-13(15)9-14(10-13)8-11-4-5-11;1-11(2,3)7-8-13(15)9-14(10-13)12(4,5)6;1-12(2,3)8-9-13(4,5)14-10-6-7-11-14;1-5-13-10(15)14-8-12(16,9-14)7-6-11(2,3)4;1-9(13)10(14)16-12(7-15-8-12)6-5-11(2,3)4;1-5-13-10(14)16-12(8-15-9-12)7-6-11(2,3)4;1-10(2)13-8-12(14,9-13)7-6-11(3,4)5;1-9(13)12-7-11(14,8-12)6-5-10(2,3)4;1-10(2,3)6-5-9-7-12(4)8-11-9/h8-11H2,1-5H3;11,15H,4-5,8-10H2,1-3H3;15H,9-10H2,1-6H3;6-7,10-11H2,1-5H3;16H,5,8-9H2,1-4H3,(H,13,15);9H,7-8,13H2,1-4H3;5,8-9H2,1-4H3,(H,13,14);10,14H,8-9H2,1-5H3;14H,7-8H2,1-4H3;7-8H,1-4H3/t;;;;;9-;;;;/m.....0..../s1. The lowest BCUT2D eigenvalue weighted by molar-refractivity contribution is -0.193. The molecule has 10 heterocycles. The van der Waals surface area contributed by atoms with Crippen molar-refractivity contribution in [3.8, 4) is 118 Å². The number of β-amino-alcohol motifs (C(OH)–C–C–N with tert-alkyl or cyclic N) is 5. The van der Waals surface area contributed by atoms with Gasteiger partial charge >= 0.3 is 18.1 Å². The number of hydrogen-bond donors (Lipinski definition) is 8. The molecule has 10 aliphatic rings. The Morgan fingerprint density at radius 1 is 0.436 bits per heavy atom. The summed E-state index contributed by atoms with van der Waals surface area (Å²) in [5, 5.41) is 55.2. The summed E-state index contributed by atoms with van der Waals surface area (Å²) in [5.74, 6) is 62.5. The van der Waals surface area contributed by atoms with Crippen LogP contribution >= 0.6 is 0 Å². The van der Waals surface area contributed by atoms with E-state index in [1.165, 1.54) is 52.2 Å². The topological polar surface area (TPSA) is 331 Å². The van der Waals surface area contributed by atoms with Gasteiger partial charge in [-0.15, -0.1) is 0 Å². The molecule has 9 aliphatic heterocycles. The molecule has 9 saturated heterocycles. The highest BCUT2D eigenvalue weighted by Gasteiger charge is 2.49. The second-order valence-electron chi connectivity index (χ2n) is 54.3. The number of carbonyl (C=O) groups excluding carboxylic acids is 4. The molecule has 0 radical (unpaired) electrons. The number of nitrogens with one attached hydrogen (secondary N) is 2. The molecule has 149 heavy (non-hydrogen) atoms. The average molecular weight is 2100 g/mol. The van der Waals surface area contributed by atoms with Crippen LogP contribution in [0.15, 0.2) is 12.5 Å². The predicted octanol–water partition coefficient (Wildman–Crippen LogP) is 14.8. The number of aryl methyl sites for hydroxylation is 1. The Morgan fingerprint density at radius 2 is 0.758 bits per heavy atom. The van der Waals surface area contributed by atoms with Gasteiger partial charge in [-0.05, 0) is 353 Å². The number of ether oxygens (including phenoxy) is 4. The maximum Gasteiger partial charge on any atom is 0.408 e. The number of imidazole rings is 1. The van der Waals surface area contributed by atoms with Crippen LogP contribution in [0.1, 0.15) is 329 Å². The monoisotopic (exact) mass is 2090 g/mol. The molecule has 9 N–H and O–H groups in total. The third-order valence-electron chi connectivity index (χ3n) is 22.7. The number of alkyl carbamates (subject to hydrolysis) is 1. The molecule has 0 spiro atoms. The lowest BCUT2D eigenvalue weighted by atomic mass is 9.87. The summed E-state index contributed by atoms with van der Waals surface area (Å²) in [4.78, 5) is 63.6. The first-order valence-electron chi connectivity index (χ1n) is 53.3. The Balaban J connectivity index is 0.000000560. The van der Waals surface area contributed by atoms with E-state index >= 15 is 0 Å². The smallest absolute Gasteiger partial charge is 0.408 e. The Bertz CT molecular complexity index is 5290. The number of nitrogens with zero attached hydrogens (tertiary/aromatic N) is 9. The minimum atomic E-state index is -2.81. The van der Waals surface area contributed by atoms with Gasteiger partial charge in [0.05, 0.1) is 55.1 Å². The number of urea groups is 1. The van der Waals surface area contributed by atoms with Gasteiger partial charge in [0.2, 0.25) is 17.1 Å². The van der Waals surface area contributed by atoms with Crippen molar-refractivity contribution in [1.29, 1.82) is 0 Å². The summed E-state index contributed by atoms with van der Waals surface area (Å²) in [7, 11) is -0.869. The van der Waals surface area contributed by atoms with Crippen molar-refractivity contribution in [3.05, 3.63) is 18.2 Å². The van der Waals surface area contributed by atoms with Gasteiger partial charge in [-0.2, -0.15) is 0 Å². The quantitative estimate of drug-likeness (QED) is 0.0797. The first-order chi connectivity index (χ1) is 67.0. The molecule has 4 amide bonds. The van der Waals surface area contributed by atoms with Gasteiger partial charge in [0.25, 0.3) is 0 Å². The fourth-order valence-electron chi connectivity index (χ4n) is 13.5. The van der Waals surface area contributed by atoms with Crippen molar-refractivity contribution >= 4 is 33.8 Å². The van der Waals surface area contributed by atoms with Gasteiger partial charge < -0.3 is 75.2 Å². The highest BCUT2D eigenvalue weighted by atomic mass is 32.2. The second-order valence-corrected chi connectivity index (χ2v) is 56.6. The van der Waals surface area contributed by atoms with Crippen molar-refractivity contribution in [1.82, 2.24) is 54.5 Å². The Kier molecular flexibility index (Phi) is 50.2. The van der Waals surface area contributed by atoms with Gasteiger partial charge in [0.1, 0.15) is 38.2 Å². The minimum Gasteiger partial charge on any atom is -0.440 e. The van der Waals surface area contributed by atoms with Crippen LogP contribution < -0.4 is 16.4 Å². The van der Waals surface area contributed by atoms with Crippen LogP contribution in [0.25, 0.3) is 0 Å². The van der Waals surface area contributed by atoms with E-state index in [4.69, 9.17) is 24.7 Å². The number of likely N-dealkylation sites (tertiary alicyclic amines) is 6. The number of carbonyl (C=O) groups is 4. The number of esters is 1.